The van der Waals surface area contributed by atoms with Gasteiger partial charge in [-0.3, -0.25) is 0 Å². The number of benzene rings is 10. The van der Waals surface area contributed by atoms with Crippen molar-refractivity contribution in [1.29, 1.82) is 0 Å². The normalized spacial score (nSPS) is 12.2. The standard InChI is InChI=1S/C62H46N2O2/c1-37(2)39-19-25-45(26-20-39)63(57-15-9-13-51-49-11-5-7-17-59(49)65-61(51)57)47-29-23-41-33-53-54-34-42-24-30-48(32-44(42)36-56(54)55(53)35-43(41)31-47)64(46-27-21-40(22-28-46)38(3)4)58-16-10-14-52-50-12-6-8-18-60(50)66-62(52)58/h5-38H,1-4H3. The Balaban J connectivity index is 0.927. The third-order valence-electron chi connectivity index (χ3n) is 13.9. The van der Waals surface area contributed by atoms with E-state index in [1.54, 1.807) is 0 Å². The Morgan fingerprint density at radius 1 is 0.318 bits per heavy atom. The van der Waals surface area contributed by atoms with Crippen molar-refractivity contribution in [3.63, 3.8) is 0 Å². The molecule has 0 aliphatic heterocycles. The number of furan rings is 2. The topological polar surface area (TPSA) is 32.8 Å². The average molecular weight is 851 g/mol. The maximum atomic E-state index is 6.64. The van der Waals surface area contributed by atoms with Gasteiger partial charge in [0.2, 0.25) is 0 Å². The third kappa shape index (κ3) is 5.98. The third-order valence-corrected chi connectivity index (χ3v) is 13.9. The second-order valence-corrected chi connectivity index (χ2v) is 18.5. The molecule has 4 nitrogen and oxygen atoms in total. The fourth-order valence-corrected chi connectivity index (χ4v) is 10.4. The molecule has 2 heterocycles. The van der Waals surface area contributed by atoms with E-state index in [9.17, 15) is 0 Å². The summed E-state index contributed by atoms with van der Waals surface area (Å²) >= 11 is 0. The van der Waals surface area contributed by atoms with Gasteiger partial charge in [-0.05, 0) is 164 Å². The van der Waals surface area contributed by atoms with Crippen LogP contribution < -0.4 is 9.80 Å². The van der Waals surface area contributed by atoms with E-state index in [0.717, 1.165) is 78.0 Å². The van der Waals surface area contributed by atoms with E-state index in [-0.39, 0.29) is 0 Å². The van der Waals surface area contributed by atoms with E-state index in [2.05, 4.69) is 219 Å². The van der Waals surface area contributed by atoms with Crippen LogP contribution >= 0.6 is 0 Å². The lowest BCUT2D eigenvalue weighted by atomic mass is 9.78. The number of nitrogens with zero attached hydrogens (tertiary/aromatic N) is 2. The molecule has 0 N–H and O–H groups in total. The Morgan fingerprint density at radius 3 is 1.09 bits per heavy atom. The summed E-state index contributed by atoms with van der Waals surface area (Å²) in [5.74, 6) is 0.880. The van der Waals surface area contributed by atoms with Crippen molar-refractivity contribution in [3.8, 4) is 22.3 Å². The summed E-state index contributed by atoms with van der Waals surface area (Å²) in [6.07, 6.45) is 0. The molecule has 12 aromatic rings. The lowest BCUT2D eigenvalue weighted by molar-refractivity contribution is 0.668. The molecule has 1 aliphatic carbocycles. The Hall–Kier alpha value is -8.08. The molecule has 0 bridgehead atoms. The number of hydrogen-bond acceptors (Lipinski definition) is 4. The summed E-state index contributed by atoms with van der Waals surface area (Å²) in [5.41, 5.74) is 17.7. The molecule has 0 unspecified atom stereocenters. The molecule has 4 heteroatoms. The largest absolute Gasteiger partial charge is 0.454 e. The molecule has 0 radical (unpaired) electrons. The second-order valence-electron chi connectivity index (χ2n) is 18.5. The van der Waals surface area contributed by atoms with E-state index in [4.69, 9.17) is 8.83 Å². The van der Waals surface area contributed by atoms with Crippen molar-refractivity contribution >= 4 is 99.5 Å². The van der Waals surface area contributed by atoms with E-state index >= 15 is 0 Å². The summed E-state index contributed by atoms with van der Waals surface area (Å²) < 4.78 is 13.3. The summed E-state index contributed by atoms with van der Waals surface area (Å²) in [5, 5.41) is 9.29. The monoisotopic (exact) mass is 850 g/mol. The summed E-state index contributed by atoms with van der Waals surface area (Å²) in [4.78, 5) is 4.70. The van der Waals surface area contributed by atoms with Crippen molar-refractivity contribution in [2.45, 2.75) is 39.5 Å². The predicted octanol–water partition coefficient (Wildman–Crippen LogP) is 18.6. The highest BCUT2D eigenvalue weighted by Crippen LogP contribution is 2.52. The van der Waals surface area contributed by atoms with Gasteiger partial charge in [-0.25, -0.2) is 0 Å². The lowest BCUT2D eigenvalue weighted by Crippen LogP contribution is -2.10. The zero-order valence-electron chi connectivity index (χ0n) is 37.3. The first-order valence-corrected chi connectivity index (χ1v) is 23.1. The number of anilines is 6. The number of fused-ring (bicyclic) bond motifs is 12. The molecule has 10 aromatic carbocycles. The van der Waals surface area contributed by atoms with Crippen molar-refractivity contribution in [1.82, 2.24) is 0 Å². The molecule has 0 spiro atoms. The van der Waals surface area contributed by atoms with Gasteiger partial charge in [0.05, 0.1) is 11.4 Å². The first kappa shape index (κ1) is 38.4. The SMILES string of the molecule is CC(C)c1ccc(N(c2ccc3cc4c(cc3c2)-c2cc3cc(N(c5ccc(C(C)C)cc5)c5cccc6c5oc5ccccc56)ccc3cc2-4)c2cccc3c2oc2ccccc23)cc1. The van der Waals surface area contributed by atoms with Gasteiger partial charge in [0, 0.05) is 44.3 Å². The fraction of sp³-hybridized carbons (Fsp3) is 0.0968. The first-order chi connectivity index (χ1) is 32.3. The van der Waals surface area contributed by atoms with E-state index in [0.29, 0.717) is 11.8 Å². The molecular formula is C62H46N2O2. The van der Waals surface area contributed by atoms with Crippen LogP contribution in [0.2, 0.25) is 0 Å². The van der Waals surface area contributed by atoms with Crippen LogP contribution in [0.4, 0.5) is 34.1 Å². The Morgan fingerprint density at radius 2 is 0.682 bits per heavy atom. The second kappa shape index (κ2) is 14.7. The number of rotatable bonds is 8. The van der Waals surface area contributed by atoms with Gasteiger partial charge in [-0.1, -0.05) is 125 Å². The summed E-state index contributed by atoms with van der Waals surface area (Å²) in [7, 11) is 0. The molecule has 316 valence electrons. The van der Waals surface area contributed by atoms with Crippen molar-refractivity contribution in [2.75, 3.05) is 9.80 Å². The van der Waals surface area contributed by atoms with Crippen LogP contribution in [0.3, 0.4) is 0 Å². The molecule has 0 amide bonds. The number of hydrogen-bond donors (Lipinski definition) is 0. The minimum absolute atomic E-state index is 0.440. The van der Waals surface area contributed by atoms with Gasteiger partial charge in [0.1, 0.15) is 11.2 Å². The van der Waals surface area contributed by atoms with Gasteiger partial charge in [-0.2, -0.15) is 0 Å². The Labute approximate surface area is 383 Å². The first-order valence-electron chi connectivity index (χ1n) is 23.1. The van der Waals surface area contributed by atoms with Gasteiger partial charge in [-0.15, -0.1) is 0 Å². The molecule has 2 aromatic heterocycles. The highest BCUT2D eigenvalue weighted by molar-refractivity contribution is 6.14. The molecule has 0 fully saturated rings. The molecular weight excluding hydrogens is 805 g/mol. The lowest BCUT2D eigenvalue weighted by Gasteiger charge is -2.29. The molecule has 66 heavy (non-hydrogen) atoms. The molecule has 1 aliphatic rings. The molecule has 0 atom stereocenters. The molecule has 13 rings (SSSR count). The van der Waals surface area contributed by atoms with Gasteiger partial charge < -0.3 is 18.6 Å². The zero-order chi connectivity index (χ0) is 44.2. The van der Waals surface area contributed by atoms with E-state index in [1.807, 2.05) is 12.1 Å². The van der Waals surface area contributed by atoms with E-state index in [1.165, 1.54) is 54.9 Å². The minimum Gasteiger partial charge on any atom is -0.454 e. The van der Waals surface area contributed by atoms with Crippen LogP contribution in [0.1, 0.15) is 50.7 Å². The van der Waals surface area contributed by atoms with Gasteiger partial charge in [0.15, 0.2) is 11.2 Å². The van der Waals surface area contributed by atoms with E-state index < -0.39 is 0 Å². The quantitative estimate of drug-likeness (QED) is 0.152. The van der Waals surface area contributed by atoms with Crippen LogP contribution in [0, 0.1) is 0 Å². The zero-order valence-corrected chi connectivity index (χ0v) is 37.3. The molecule has 0 saturated carbocycles. The van der Waals surface area contributed by atoms with Crippen molar-refractivity contribution in [3.05, 3.63) is 205 Å². The summed E-state index contributed by atoms with van der Waals surface area (Å²) in [6.45, 7) is 8.97. The van der Waals surface area contributed by atoms with Crippen molar-refractivity contribution in [2.24, 2.45) is 0 Å². The molecule has 0 saturated heterocycles. The number of para-hydroxylation sites is 4. The van der Waals surface area contributed by atoms with Crippen LogP contribution in [-0.2, 0) is 0 Å². The average Bonchev–Trinajstić information content (AvgIpc) is 3.93. The predicted molar refractivity (Wildman–Crippen MR) is 278 cm³/mol. The minimum atomic E-state index is 0.440. The summed E-state index contributed by atoms with van der Waals surface area (Å²) in [6, 6.07) is 70.8. The Bertz CT molecular complexity index is 3630. The fourth-order valence-electron chi connectivity index (χ4n) is 10.4. The van der Waals surface area contributed by atoms with Crippen LogP contribution in [-0.4, -0.2) is 0 Å². The maximum Gasteiger partial charge on any atom is 0.159 e. The van der Waals surface area contributed by atoms with Gasteiger partial charge >= 0.3 is 0 Å². The van der Waals surface area contributed by atoms with Gasteiger partial charge in [0.25, 0.3) is 0 Å². The smallest absolute Gasteiger partial charge is 0.159 e. The maximum absolute atomic E-state index is 6.64. The van der Waals surface area contributed by atoms with Crippen molar-refractivity contribution < 1.29 is 8.83 Å². The van der Waals surface area contributed by atoms with Crippen LogP contribution in [0.5, 0.6) is 0 Å². The Kier molecular flexibility index (Phi) is 8.57. The highest BCUT2D eigenvalue weighted by Gasteiger charge is 2.26. The van der Waals surface area contributed by atoms with Crippen LogP contribution in [0.25, 0.3) is 87.7 Å². The highest BCUT2D eigenvalue weighted by atomic mass is 16.3. The van der Waals surface area contributed by atoms with Crippen LogP contribution in [0.15, 0.2) is 203 Å².